The van der Waals surface area contributed by atoms with E-state index in [4.69, 9.17) is 0 Å². The normalized spacial score (nSPS) is 16.9. The minimum atomic E-state index is 0.171. The van der Waals surface area contributed by atoms with Crippen molar-refractivity contribution in [2.45, 2.75) is 43.9 Å². The van der Waals surface area contributed by atoms with Gasteiger partial charge in [-0.3, -0.25) is 4.79 Å². The van der Waals surface area contributed by atoms with Crippen molar-refractivity contribution in [3.8, 4) is 0 Å². The monoisotopic (exact) mass is 419 g/mol. The third-order valence-corrected chi connectivity index (χ3v) is 9.01. The summed E-state index contributed by atoms with van der Waals surface area (Å²) in [6.07, 6.45) is 5.36. The molecule has 4 aromatic carbocycles. The van der Waals surface area contributed by atoms with E-state index in [0.29, 0.717) is 13.0 Å². The van der Waals surface area contributed by atoms with Crippen LogP contribution in [0, 0.1) is 0 Å². The van der Waals surface area contributed by atoms with Crippen molar-refractivity contribution in [2.75, 3.05) is 5.75 Å². The molecule has 5 rings (SSSR count). The fourth-order valence-electron chi connectivity index (χ4n) is 4.45. The summed E-state index contributed by atoms with van der Waals surface area (Å²) in [6, 6.07) is 19.6. The first-order valence-electron chi connectivity index (χ1n) is 10.5. The number of carbonyl (C=O) groups excluding carboxylic acids is 1. The summed E-state index contributed by atoms with van der Waals surface area (Å²) in [7, 11) is 4.02. The van der Waals surface area contributed by atoms with E-state index in [0.717, 1.165) is 18.1 Å². The van der Waals surface area contributed by atoms with E-state index in [9.17, 15) is 4.79 Å². The fraction of sp³-hybridized carbons (Fsp3) is 0.320. The van der Waals surface area contributed by atoms with E-state index in [2.05, 4.69) is 59.9 Å². The van der Waals surface area contributed by atoms with Crippen LogP contribution in [0.3, 0.4) is 0 Å². The van der Waals surface area contributed by atoms with Crippen LogP contribution in [-0.4, -0.2) is 16.9 Å². The maximum atomic E-state index is 12.4. The Morgan fingerprint density at radius 2 is 1.69 bits per heavy atom. The lowest BCUT2D eigenvalue weighted by Crippen LogP contribution is -2.22. The number of hydrogen-bond donors (Lipinski definition) is 1. The van der Waals surface area contributed by atoms with Gasteiger partial charge in [-0.15, -0.1) is 0 Å². The summed E-state index contributed by atoms with van der Waals surface area (Å²) in [4.78, 5) is 12.4. The van der Waals surface area contributed by atoms with Crippen LogP contribution < -0.4 is 5.32 Å². The summed E-state index contributed by atoms with van der Waals surface area (Å²) in [5, 5.41) is 11.7. The van der Waals surface area contributed by atoms with Crippen LogP contribution in [0.25, 0.3) is 32.3 Å². The van der Waals surface area contributed by atoms with Crippen LogP contribution in [-0.2, 0) is 11.3 Å². The van der Waals surface area contributed by atoms with Gasteiger partial charge in [0.2, 0.25) is 5.91 Å². The van der Waals surface area contributed by atoms with Crippen LogP contribution in [0.1, 0.15) is 37.7 Å². The van der Waals surface area contributed by atoms with Crippen LogP contribution in [0.15, 0.2) is 54.6 Å². The highest BCUT2D eigenvalue weighted by molar-refractivity contribution is 8.77. The maximum absolute atomic E-state index is 12.4. The molecule has 0 saturated carbocycles. The third-order valence-electron chi connectivity index (χ3n) is 6.00. The molecule has 4 aromatic rings. The van der Waals surface area contributed by atoms with Crippen molar-refractivity contribution in [1.29, 1.82) is 0 Å². The second kappa shape index (κ2) is 8.45. The molecule has 1 saturated heterocycles. The molecule has 1 aliphatic rings. The molecule has 29 heavy (non-hydrogen) atoms. The molecule has 1 amide bonds. The molecule has 0 bridgehead atoms. The van der Waals surface area contributed by atoms with Gasteiger partial charge in [0, 0.05) is 24.0 Å². The summed E-state index contributed by atoms with van der Waals surface area (Å²) < 4.78 is 0. The Labute approximate surface area is 179 Å². The van der Waals surface area contributed by atoms with Gasteiger partial charge in [-0.2, -0.15) is 0 Å². The summed E-state index contributed by atoms with van der Waals surface area (Å²) in [6.45, 7) is 0.599. The summed E-state index contributed by atoms with van der Waals surface area (Å²) in [5.74, 6) is 1.46. The van der Waals surface area contributed by atoms with Gasteiger partial charge in [0.25, 0.3) is 0 Å². The smallest absolute Gasteiger partial charge is 0.220 e. The molecule has 0 aliphatic carbocycles. The average Bonchev–Trinajstić information content (AvgIpc) is 3.27. The van der Waals surface area contributed by atoms with Crippen LogP contribution in [0.4, 0.5) is 0 Å². The Bertz CT molecular complexity index is 1130. The third kappa shape index (κ3) is 3.93. The first-order chi connectivity index (χ1) is 14.3. The van der Waals surface area contributed by atoms with Crippen molar-refractivity contribution < 1.29 is 4.79 Å². The molecule has 1 atom stereocenters. The highest BCUT2D eigenvalue weighted by Crippen LogP contribution is 2.40. The zero-order valence-electron chi connectivity index (χ0n) is 16.4. The summed E-state index contributed by atoms with van der Waals surface area (Å²) >= 11 is 0. The number of rotatable bonds is 7. The fourth-order valence-corrected chi connectivity index (χ4v) is 7.48. The largest absolute Gasteiger partial charge is 0.352 e. The molecule has 2 nitrogen and oxygen atoms in total. The second-order valence-electron chi connectivity index (χ2n) is 7.93. The Hall–Kier alpha value is -1.91. The van der Waals surface area contributed by atoms with Crippen molar-refractivity contribution >= 4 is 59.8 Å². The second-order valence-corrected chi connectivity index (χ2v) is 10.7. The molecule has 4 heteroatoms. The van der Waals surface area contributed by atoms with Gasteiger partial charge in [0.15, 0.2) is 0 Å². The highest BCUT2D eigenvalue weighted by Gasteiger charge is 2.16. The molecular formula is C25H25NOS2. The lowest BCUT2D eigenvalue weighted by molar-refractivity contribution is -0.121. The van der Waals surface area contributed by atoms with Gasteiger partial charge in [-0.1, -0.05) is 82.6 Å². The molecule has 0 spiro atoms. The molecule has 148 valence electrons. The van der Waals surface area contributed by atoms with Crippen molar-refractivity contribution in [1.82, 2.24) is 5.32 Å². The van der Waals surface area contributed by atoms with Crippen molar-refractivity contribution in [3.63, 3.8) is 0 Å². The average molecular weight is 420 g/mol. The number of unbranched alkanes of at least 4 members (excludes halogenated alkanes) is 1. The molecule has 1 fully saturated rings. The van der Waals surface area contributed by atoms with Gasteiger partial charge >= 0.3 is 0 Å². The molecule has 0 aromatic heterocycles. The number of benzene rings is 4. The van der Waals surface area contributed by atoms with E-state index in [-0.39, 0.29) is 5.91 Å². The van der Waals surface area contributed by atoms with Gasteiger partial charge in [0.1, 0.15) is 0 Å². The van der Waals surface area contributed by atoms with E-state index >= 15 is 0 Å². The number of hydrogen-bond acceptors (Lipinski definition) is 3. The van der Waals surface area contributed by atoms with Gasteiger partial charge in [0.05, 0.1) is 0 Å². The van der Waals surface area contributed by atoms with Crippen molar-refractivity contribution in [3.05, 3.63) is 60.2 Å². The standard InChI is InChI=1S/C25H25NOS2/c27-23(7-2-1-6-21-14-15-28-29-21)26-16-20-11-10-19-9-8-17-4-3-5-18-12-13-22(20)25(19)24(17)18/h3-5,8-13,21H,1-2,6-7,14-16H2,(H,26,27). The Morgan fingerprint density at radius 3 is 2.48 bits per heavy atom. The Balaban J connectivity index is 1.27. The Kier molecular flexibility index (Phi) is 5.56. The van der Waals surface area contributed by atoms with Gasteiger partial charge in [-0.25, -0.2) is 0 Å². The number of nitrogens with one attached hydrogen (secondary N) is 1. The number of amides is 1. The van der Waals surface area contributed by atoms with E-state index in [1.165, 1.54) is 56.5 Å². The predicted octanol–water partition coefficient (Wildman–Crippen LogP) is 6.91. The van der Waals surface area contributed by atoms with Crippen LogP contribution >= 0.6 is 21.6 Å². The molecule has 1 unspecified atom stereocenters. The predicted molar refractivity (Wildman–Crippen MR) is 129 cm³/mol. The maximum Gasteiger partial charge on any atom is 0.220 e. The number of carbonyl (C=O) groups is 1. The van der Waals surface area contributed by atoms with E-state index in [1.54, 1.807) is 0 Å². The highest BCUT2D eigenvalue weighted by atomic mass is 33.1. The summed E-state index contributed by atoms with van der Waals surface area (Å²) in [5.41, 5.74) is 1.20. The van der Waals surface area contributed by atoms with E-state index < -0.39 is 0 Å². The minimum absolute atomic E-state index is 0.171. The topological polar surface area (TPSA) is 29.1 Å². The van der Waals surface area contributed by atoms with Gasteiger partial charge < -0.3 is 5.32 Å². The van der Waals surface area contributed by atoms with Crippen LogP contribution in [0.5, 0.6) is 0 Å². The Morgan fingerprint density at radius 1 is 0.931 bits per heavy atom. The quantitative estimate of drug-likeness (QED) is 0.200. The zero-order chi connectivity index (χ0) is 19.6. The van der Waals surface area contributed by atoms with E-state index in [1.807, 2.05) is 21.6 Å². The lowest BCUT2D eigenvalue weighted by atomic mass is 9.92. The molecule has 0 radical (unpaired) electrons. The first-order valence-corrected chi connectivity index (χ1v) is 12.9. The molecular weight excluding hydrogens is 394 g/mol. The molecule has 1 N–H and O–H groups in total. The van der Waals surface area contributed by atoms with Crippen molar-refractivity contribution in [2.24, 2.45) is 0 Å². The minimum Gasteiger partial charge on any atom is -0.352 e. The van der Waals surface area contributed by atoms with Gasteiger partial charge in [-0.05, 0) is 57.1 Å². The zero-order valence-corrected chi connectivity index (χ0v) is 18.1. The van der Waals surface area contributed by atoms with Crippen LogP contribution in [0.2, 0.25) is 0 Å². The lowest BCUT2D eigenvalue weighted by Gasteiger charge is -2.14. The SMILES string of the molecule is O=C(CCCCC1CCSS1)NCc1ccc2ccc3cccc4ccc1c2c34. The molecule has 1 aliphatic heterocycles. The molecule has 1 heterocycles. The first kappa shape index (κ1) is 19.1.